The highest BCUT2D eigenvalue weighted by Crippen LogP contribution is 2.33. The van der Waals surface area contributed by atoms with Gasteiger partial charge in [-0.25, -0.2) is 4.79 Å². The normalized spacial score (nSPS) is 14.7. The minimum absolute atomic E-state index is 0.198. The molecule has 1 saturated heterocycles. The zero-order valence-electron chi connectivity index (χ0n) is 16.9. The molecule has 1 N–H and O–H groups in total. The molecule has 166 valence electrons. The smallest absolute Gasteiger partial charge is 0.337 e. The number of thioether (sulfide) groups is 1. The number of rotatable bonds is 7. The van der Waals surface area contributed by atoms with Gasteiger partial charge >= 0.3 is 5.97 Å². The van der Waals surface area contributed by atoms with Gasteiger partial charge in [-0.15, -0.1) is 0 Å². The van der Waals surface area contributed by atoms with Crippen LogP contribution in [0.15, 0.2) is 47.4 Å². The third-order valence-corrected chi connectivity index (χ3v) is 6.42. The predicted octanol–water partition coefficient (Wildman–Crippen LogP) is 5.40. The number of nitrogens with one attached hydrogen (secondary N) is 1. The Bertz CT molecular complexity index is 1100. The highest BCUT2D eigenvalue weighted by atomic mass is 35.5. The summed E-state index contributed by atoms with van der Waals surface area (Å²) in [5.74, 6) is -0.857. The van der Waals surface area contributed by atoms with Crippen molar-refractivity contribution in [3.8, 4) is 0 Å². The Morgan fingerprint density at radius 2 is 1.91 bits per heavy atom. The maximum atomic E-state index is 12.7. The lowest BCUT2D eigenvalue weighted by Crippen LogP contribution is -2.29. The molecule has 0 aliphatic carbocycles. The number of hydrogen-bond donors (Lipinski definition) is 1. The SMILES string of the molecule is COC(=O)c1ccc(/C=C2\SC(=S)N(CCCC(=O)Nc3ccc(Cl)cc3Cl)C2=O)cc1. The van der Waals surface area contributed by atoms with Gasteiger partial charge in [-0.05, 0) is 48.4 Å². The van der Waals surface area contributed by atoms with E-state index in [1.54, 1.807) is 48.5 Å². The summed E-state index contributed by atoms with van der Waals surface area (Å²) in [6.07, 6.45) is 2.35. The van der Waals surface area contributed by atoms with Gasteiger partial charge in [0.15, 0.2) is 0 Å². The summed E-state index contributed by atoms with van der Waals surface area (Å²) in [7, 11) is 1.32. The summed E-state index contributed by atoms with van der Waals surface area (Å²) in [4.78, 5) is 38.4. The summed E-state index contributed by atoms with van der Waals surface area (Å²) in [5, 5.41) is 3.56. The average Bonchev–Trinajstić information content (AvgIpc) is 3.03. The molecule has 0 bridgehead atoms. The second kappa shape index (κ2) is 11.0. The molecule has 2 amide bonds. The lowest BCUT2D eigenvalue weighted by atomic mass is 10.1. The van der Waals surface area contributed by atoms with Crippen LogP contribution >= 0.6 is 47.2 Å². The van der Waals surface area contributed by atoms with E-state index in [0.717, 1.165) is 5.56 Å². The third kappa shape index (κ3) is 6.10. The number of carbonyl (C=O) groups is 3. The van der Waals surface area contributed by atoms with E-state index in [1.807, 2.05) is 0 Å². The van der Waals surface area contributed by atoms with Crippen LogP contribution in [0.25, 0.3) is 6.08 Å². The molecular formula is C22H18Cl2N2O4S2. The van der Waals surface area contributed by atoms with Gasteiger partial charge in [0, 0.05) is 18.0 Å². The molecular weight excluding hydrogens is 491 g/mol. The fourth-order valence-electron chi connectivity index (χ4n) is 2.88. The van der Waals surface area contributed by atoms with Crippen LogP contribution in [0, 0.1) is 0 Å². The van der Waals surface area contributed by atoms with Crippen LogP contribution in [0.4, 0.5) is 5.69 Å². The molecule has 0 aromatic heterocycles. The molecule has 6 nitrogen and oxygen atoms in total. The van der Waals surface area contributed by atoms with Crippen molar-refractivity contribution in [1.82, 2.24) is 4.90 Å². The molecule has 1 heterocycles. The molecule has 0 unspecified atom stereocenters. The number of ether oxygens (including phenoxy) is 1. The maximum absolute atomic E-state index is 12.7. The first-order chi connectivity index (χ1) is 15.3. The predicted molar refractivity (Wildman–Crippen MR) is 132 cm³/mol. The van der Waals surface area contributed by atoms with E-state index >= 15 is 0 Å². The number of methoxy groups -OCH3 is 1. The van der Waals surface area contributed by atoms with Gasteiger partial charge in [-0.3, -0.25) is 14.5 Å². The van der Waals surface area contributed by atoms with Crippen molar-refractivity contribution < 1.29 is 19.1 Å². The van der Waals surface area contributed by atoms with E-state index in [-0.39, 0.29) is 18.2 Å². The monoisotopic (exact) mass is 508 g/mol. The van der Waals surface area contributed by atoms with Gasteiger partial charge in [0.2, 0.25) is 5.91 Å². The van der Waals surface area contributed by atoms with E-state index in [1.165, 1.54) is 23.8 Å². The van der Waals surface area contributed by atoms with Gasteiger partial charge in [0.05, 0.1) is 28.3 Å². The Balaban J connectivity index is 1.55. The topological polar surface area (TPSA) is 75.7 Å². The molecule has 2 aromatic carbocycles. The first kappa shape index (κ1) is 24.3. The molecule has 0 spiro atoms. The lowest BCUT2D eigenvalue weighted by molar-refractivity contribution is -0.122. The minimum atomic E-state index is -0.426. The number of anilines is 1. The largest absolute Gasteiger partial charge is 0.465 e. The fourth-order valence-corrected chi connectivity index (χ4v) is 4.64. The third-order valence-electron chi connectivity index (χ3n) is 4.49. The zero-order valence-corrected chi connectivity index (χ0v) is 20.0. The average molecular weight is 509 g/mol. The first-order valence-corrected chi connectivity index (χ1v) is 11.4. The van der Waals surface area contributed by atoms with E-state index in [0.29, 0.717) is 43.5 Å². The number of halogens is 2. The van der Waals surface area contributed by atoms with E-state index in [4.69, 9.17) is 35.4 Å². The molecule has 0 saturated carbocycles. The van der Waals surface area contributed by atoms with Gasteiger partial charge in [0.1, 0.15) is 4.32 Å². The molecule has 0 radical (unpaired) electrons. The first-order valence-electron chi connectivity index (χ1n) is 9.47. The van der Waals surface area contributed by atoms with Crippen molar-refractivity contribution in [2.75, 3.05) is 19.0 Å². The summed E-state index contributed by atoms with van der Waals surface area (Å²) < 4.78 is 5.11. The standard InChI is InChI=1S/C22H18Cl2N2O4S2/c1-30-21(29)14-6-4-13(5-7-14)11-18-20(28)26(22(31)32-18)10-2-3-19(27)25-17-9-8-15(23)12-16(17)24/h4-9,11-12H,2-3,10H2,1H3,(H,25,27)/b18-11-. The highest BCUT2D eigenvalue weighted by Gasteiger charge is 2.31. The van der Waals surface area contributed by atoms with Crippen molar-refractivity contribution in [2.24, 2.45) is 0 Å². The van der Waals surface area contributed by atoms with Crippen LogP contribution in [0.3, 0.4) is 0 Å². The lowest BCUT2D eigenvalue weighted by Gasteiger charge is -2.14. The number of esters is 1. The minimum Gasteiger partial charge on any atom is -0.465 e. The van der Waals surface area contributed by atoms with E-state index in [9.17, 15) is 14.4 Å². The molecule has 2 aromatic rings. The van der Waals surface area contributed by atoms with Crippen LogP contribution in [-0.4, -0.2) is 40.7 Å². The Morgan fingerprint density at radius 1 is 1.19 bits per heavy atom. The van der Waals surface area contributed by atoms with Crippen LogP contribution in [0.5, 0.6) is 0 Å². The second-order valence-electron chi connectivity index (χ2n) is 6.72. The van der Waals surface area contributed by atoms with Crippen LogP contribution < -0.4 is 5.32 Å². The zero-order chi connectivity index (χ0) is 23.3. The summed E-state index contributed by atoms with van der Waals surface area (Å²) in [6.45, 7) is 0.324. The fraction of sp³-hybridized carbons (Fsp3) is 0.182. The van der Waals surface area contributed by atoms with Crippen molar-refractivity contribution >= 4 is 81.0 Å². The Morgan fingerprint density at radius 3 is 2.56 bits per heavy atom. The number of hydrogen-bond acceptors (Lipinski definition) is 6. The second-order valence-corrected chi connectivity index (χ2v) is 9.24. The van der Waals surface area contributed by atoms with Crippen LogP contribution in [0.1, 0.15) is 28.8 Å². The number of thiocarbonyl (C=S) groups is 1. The summed E-state index contributed by atoms with van der Waals surface area (Å²) in [6, 6.07) is 11.5. The highest BCUT2D eigenvalue weighted by molar-refractivity contribution is 8.26. The quantitative estimate of drug-likeness (QED) is 0.306. The Hall–Kier alpha value is -2.39. The molecule has 1 fully saturated rings. The van der Waals surface area contributed by atoms with Crippen molar-refractivity contribution in [2.45, 2.75) is 12.8 Å². The van der Waals surface area contributed by atoms with E-state index < -0.39 is 5.97 Å². The van der Waals surface area contributed by atoms with Gasteiger partial charge in [-0.2, -0.15) is 0 Å². The van der Waals surface area contributed by atoms with Crippen molar-refractivity contribution in [3.05, 3.63) is 68.5 Å². The number of benzene rings is 2. The maximum Gasteiger partial charge on any atom is 0.337 e. The van der Waals surface area contributed by atoms with E-state index in [2.05, 4.69) is 10.1 Å². The molecule has 32 heavy (non-hydrogen) atoms. The Kier molecular flexibility index (Phi) is 8.31. The number of amides is 2. The molecule has 3 rings (SSSR count). The van der Waals surface area contributed by atoms with Crippen molar-refractivity contribution in [3.63, 3.8) is 0 Å². The van der Waals surface area contributed by atoms with Crippen molar-refractivity contribution in [1.29, 1.82) is 0 Å². The van der Waals surface area contributed by atoms with Gasteiger partial charge in [-0.1, -0.05) is 59.3 Å². The summed E-state index contributed by atoms with van der Waals surface area (Å²) in [5.41, 5.74) is 1.67. The van der Waals surface area contributed by atoms with Gasteiger partial charge < -0.3 is 10.1 Å². The molecule has 1 aliphatic rings. The van der Waals surface area contributed by atoms with Gasteiger partial charge in [0.25, 0.3) is 5.91 Å². The Labute approximate surface area is 204 Å². The summed E-state index contributed by atoms with van der Waals surface area (Å²) >= 11 is 18.4. The van der Waals surface area contributed by atoms with Crippen LogP contribution in [0.2, 0.25) is 10.0 Å². The number of nitrogens with zero attached hydrogens (tertiary/aromatic N) is 1. The molecule has 1 aliphatic heterocycles. The molecule has 0 atom stereocenters. The van der Waals surface area contributed by atoms with Crippen LogP contribution in [-0.2, 0) is 14.3 Å². The number of carbonyl (C=O) groups excluding carboxylic acids is 3. The molecule has 10 heteroatoms.